The molecule has 1 aliphatic heterocycles. The van der Waals surface area contributed by atoms with Gasteiger partial charge in [0.1, 0.15) is 6.10 Å². The molecule has 2 amide bonds. The lowest BCUT2D eigenvalue weighted by atomic mass is 10.1. The minimum Gasteiger partial charge on any atom is -0.390 e. The van der Waals surface area contributed by atoms with Crippen LogP contribution >= 0.6 is 11.3 Å². The summed E-state index contributed by atoms with van der Waals surface area (Å²) in [5.74, 6) is -0.406. The van der Waals surface area contributed by atoms with Gasteiger partial charge in [0, 0.05) is 37.4 Å². The number of para-hydroxylation sites is 1. The third kappa shape index (κ3) is 4.46. The van der Waals surface area contributed by atoms with Gasteiger partial charge in [-0.1, -0.05) is 23.5 Å². The van der Waals surface area contributed by atoms with E-state index in [0.29, 0.717) is 24.8 Å². The Kier molecular flexibility index (Phi) is 6.03. The molecule has 2 aromatic heterocycles. The average Bonchev–Trinajstić information content (AvgIpc) is 3.15. The molecule has 0 saturated carbocycles. The number of thiazole rings is 1. The van der Waals surface area contributed by atoms with Crippen LogP contribution in [0, 0.1) is 5.82 Å². The Hall–Kier alpha value is -2.82. The normalized spacial score (nSPS) is 18.8. The highest BCUT2D eigenvalue weighted by molar-refractivity contribution is 7.22. The van der Waals surface area contributed by atoms with Crippen LogP contribution in [0.2, 0.25) is 0 Å². The van der Waals surface area contributed by atoms with Crippen LogP contribution in [0.3, 0.4) is 0 Å². The first kappa shape index (κ1) is 21.4. The van der Waals surface area contributed by atoms with E-state index in [1.807, 2.05) is 31.2 Å². The molecule has 4 rings (SSSR count). The molecule has 0 radical (unpaired) electrons. The van der Waals surface area contributed by atoms with Gasteiger partial charge in [0.05, 0.1) is 16.3 Å². The van der Waals surface area contributed by atoms with Crippen LogP contribution in [0.1, 0.15) is 25.5 Å². The highest BCUT2D eigenvalue weighted by atomic mass is 32.1. The summed E-state index contributed by atoms with van der Waals surface area (Å²) in [6.07, 6.45) is -0.852. The maximum Gasteiger partial charge on any atom is 0.323 e. The Labute approximate surface area is 183 Å². The van der Waals surface area contributed by atoms with E-state index in [4.69, 9.17) is 0 Å². The Morgan fingerprint density at radius 3 is 2.77 bits per heavy atom. The summed E-state index contributed by atoms with van der Waals surface area (Å²) in [4.78, 5) is 24.8. The first-order valence-electron chi connectivity index (χ1n) is 10.0. The van der Waals surface area contributed by atoms with Crippen LogP contribution in [0.25, 0.3) is 10.2 Å². The molecule has 1 saturated heterocycles. The molecule has 0 unspecified atom stereocenters. The lowest BCUT2D eigenvalue weighted by molar-refractivity contribution is 0.0301. The Balaban J connectivity index is 1.41. The Morgan fingerprint density at radius 1 is 1.32 bits per heavy atom. The van der Waals surface area contributed by atoms with Crippen molar-refractivity contribution in [1.82, 2.24) is 14.9 Å². The summed E-state index contributed by atoms with van der Waals surface area (Å²) < 4.78 is 15.7. The van der Waals surface area contributed by atoms with Crippen LogP contribution in [-0.4, -0.2) is 62.9 Å². The maximum absolute atomic E-state index is 14.7. The van der Waals surface area contributed by atoms with Gasteiger partial charge in [-0.25, -0.2) is 19.2 Å². The molecule has 3 heterocycles. The summed E-state index contributed by atoms with van der Waals surface area (Å²) in [5, 5.41) is 22.8. The van der Waals surface area contributed by atoms with Gasteiger partial charge in [-0.15, -0.1) is 0 Å². The second-order valence-electron chi connectivity index (χ2n) is 7.66. The van der Waals surface area contributed by atoms with Crippen molar-refractivity contribution in [2.75, 3.05) is 29.9 Å². The van der Waals surface area contributed by atoms with Crippen LogP contribution < -0.4 is 10.2 Å². The molecule has 164 valence electrons. The third-order valence-electron chi connectivity index (χ3n) is 5.34. The van der Waals surface area contributed by atoms with Crippen molar-refractivity contribution < 1.29 is 19.4 Å². The van der Waals surface area contributed by atoms with Crippen molar-refractivity contribution in [3.63, 3.8) is 0 Å². The van der Waals surface area contributed by atoms with Crippen LogP contribution in [0.5, 0.6) is 0 Å². The molecule has 3 aromatic rings. The number of aliphatic hydroxyl groups excluding tert-OH is 2. The molecule has 8 nitrogen and oxygen atoms in total. The summed E-state index contributed by atoms with van der Waals surface area (Å²) >= 11 is 1.42. The molecule has 0 bridgehead atoms. The van der Waals surface area contributed by atoms with Gasteiger partial charge >= 0.3 is 6.03 Å². The number of hydrogen-bond donors (Lipinski definition) is 3. The van der Waals surface area contributed by atoms with Gasteiger partial charge < -0.3 is 20.0 Å². The van der Waals surface area contributed by atoms with Crippen molar-refractivity contribution in [2.24, 2.45) is 0 Å². The number of rotatable bonds is 4. The molecule has 3 atom stereocenters. The minimum atomic E-state index is -1.20. The number of benzene rings is 1. The van der Waals surface area contributed by atoms with E-state index in [9.17, 15) is 19.4 Å². The van der Waals surface area contributed by atoms with E-state index in [1.165, 1.54) is 30.5 Å². The SMILES string of the molecule is C[C@H](O)[C@@H](O)c1cnc(N2CCN(C(=O)Nc3nc4ccccc4s3)C[C@H]2C)c(F)c1. The number of fused-ring (bicyclic) bond motifs is 1. The maximum atomic E-state index is 14.7. The number of nitrogens with zero attached hydrogens (tertiary/aromatic N) is 4. The molecule has 3 N–H and O–H groups in total. The summed E-state index contributed by atoms with van der Waals surface area (Å²) in [5.41, 5.74) is 1.06. The Morgan fingerprint density at radius 2 is 2.10 bits per heavy atom. The van der Waals surface area contributed by atoms with E-state index in [-0.39, 0.29) is 23.5 Å². The third-order valence-corrected chi connectivity index (χ3v) is 6.29. The number of halogens is 1. The minimum absolute atomic E-state index is 0.163. The predicted molar refractivity (Wildman–Crippen MR) is 118 cm³/mol. The molecule has 10 heteroatoms. The van der Waals surface area contributed by atoms with Crippen molar-refractivity contribution in [3.8, 4) is 0 Å². The smallest absolute Gasteiger partial charge is 0.323 e. The number of carbonyl (C=O) groups excluding carboxylic acids is 1. The van der Waals surface area contributed by atoms with E-state index >= 15 is 0 Å². The van der Waals surface area contributed by atoms with Gasteiger partial charge in [0.25, 0.3) is 0 Å². The number of amides is 2. The molecule has 31 heavy (non-hydrogen) atoms. The van der Waals surface area contributed by atoms with Crippen molar-refractivity contribution in [2.45, 2.75) is 32.1 Å². The first-order chi connectivity index (χ1) is 14.8. The first-order valence-corrected chi connectivity index (χ1v) is 10.8. The zero-order valence-electron chi connectivity index (χ0n) is 17.2. The molecule has 0 aliphatic carbocycles. The van der Waals surface area contributed by atoms with Gasteiger partial charge in [0.15, 0.2) is 16.8 Å². The van der Waals surface area contributed by atoms with Crippen molar-refractivity contribution in [1.29, 1.82) is 0 Å². The lowest BCUT2D eigenvalue weighted by Crippen LogP contribution is -2.55. The lowest BCUT2D eigenvalue weighted by Gasteiger charge is -2.40. The van der Waals surface area contributed by atoms with Crippen LogP contribution in [0.15, 0.2) is 36.5 Å². The van der Waals surface area contributed by atoms with E-state index in [2.05, 4.69) is 15.3 Å². The number of aromatic nitrogens is 2. The number of carbonyl (C=O) groups is 1. The highest BCUT2D eigenvalue weighted by Gasteiger charge is 2.30. The molecule has 0 spiro atoms. The number of piperazine rings is 1. The molecule has 1 aliphatic rings. The van der Waals surface area contributed by atoms with E-state index in [0.717, 1.165) is 10.2 Å². The predicted octanol–water partition coefficient (Wildman–Crippen LogP) is 2.99. The van der Waals surface area contributed by atoms with Gasteiger partial charge in [-0.05, 0) is 32.0 Å². The average molecular weight is 446 g/mol. The number of aliphatic hydroxyl groups is 2. The zero-order chi connectivity index (χ0) is 22.1. The standard InChI is InChI=1S/C21H24FN5O3S/c1-12-11-26(21(30)25-20-24-16-5-3-4-6-17(16)31-20)7-8-27(12)19-15(22)9-14(10-23-19)18(29)13(2)28/h3-6,9-10,12-13,18,28-29H,7-8,11H2,1-2H3,(H,24,25,30)/t12-,13+,18-/m1/s1. The van der Waals surface area contributed by atoms with E-state index in [1.54, 1.807) is 9.80 Å². The Bertz CT molecular complexity index is 1060. The largest absolute Gasteiger partial charge is 0.390 e. The highest BCUT2D eigenvalue weighted by Crippen LogP contribution is 2.27. The number of pyridine rings is 1. The van der Waals surface area contributed by atoms with Gasteiger partial charge in [-0.3, -0.25) is 5.32 Å². The fourth-order valence-corrected chi connectivity index (χ4v) is 4.51. The zero-order valence-corrected chi connectivity index (χ0v) is 18.0. The van der Waals surface area contributed by atoms with Gasteiger partial charge in [0.2, 0.25) is 0 Å². The molecule has 1 fully saturated rings. The van der Waals surface area contributed by atoms with Crippen LogP contribution in [0.4, 0.5) is 20.1 Å². The number of anilines is 2. The van der Waals surface area contributed by atoms with Gasteiger partial charge in [-0.2, -0.15) is 0 Å². The summed E-state index contributed by atoms with van der Waals surface area (Å²) in [7, 11) is 0. The summed E-state index contributed by atoms with van der Waals surface area (Å²) in [6.45, 7) is 4.54. The number of hydrogen-bond acceptors (Lipinski definition) is 7. The second kappa shape index (κ2) is 8.74. The number of nitrogens with one attached hydrogen (secondary N) is 1. The topological polar surface area (TPSA) is 102 Å². The fourth-order valence-electron chi connectivity index (χ4n) is 3.65. The molecule has 1 aromatic carbocycles. The molecular weight excluding hydrogens is 421 g/mol. The molecular formula is C21H24FN5O3S. The second-order valence-corrected chi connectivity index (χ2v) is 8.70. The monoisotopic (exact) mass is 445 g/mol. The number of urea groups is 1. The van der Waals surface area contributed by atoms with Crippen LogP contribution in [-0.2, 0) is 0 Å². The quantitative estimate of drug-likeness (QED) is 0.571. The fraction of sp³-hybridized carbons (Fsp3) is 0.381. The van der Waals surface area contributed by atoms with E-state index < -0.39 is 18.0 Å². The van der Waals surface area contributed by atoms with Crippen molar-refractivity contribution in [3.05, 3.63) is 47.9 Å². The summed E-state index contributed by atoms with van der Waals surface area (Å²) in [6, 6.07) is 8.47. The van der Waals surface area contributed by atoms with Crippen molar-refractivity contribution >= 4 is 38.5 Å².